The summed E-state index contributed by atoms with van der Waals surface area (Å²) in [4.78, 5) is 27.1. The van der Waals surface area contributed by atoms with Crippen LogP contribution in [0.15, 0.2) is 18.3 Å². The number of carbonyl (C=O) groups is 2. The first-order valence-corrected chi connectivity index (χ1v) is 6.32. The molecule has 1 aromatic rings. The van der Waals surface area contributed by atoms with Gasteiger partial charge in [-0.15, -0.1) is 0 Å². The van der Waals surface area contributed by atoms with Crippen molar-refractivity contribution in [3.05, 3.63) is 24.0 Å². The third kappa shape index (κ3) is 5.37. The smallest absolute Gasteiger partial charge is 0.269 e. The minimum Gasteiger partial charge on any atom is -0.399 e. The topological polar surface area (TPSA) is 97.1 Å². The molecule has 0 saturated heterocycles. The fourth-order valence-electron chi connectivity index (χ4n) is 1.40. The Morgan fingerprint density at radius 3 is 2.84 bits per heavy atom. The maximum Gasteiger partial charge on any atom is 0.269 e. The molecule has 6 nitrogen and oxygen atoms in total. The predicted molar refractivity (Wildman–Crippen MR) is 73.5 cm³/mol. The van der Waals surface area contributed by atoms with Gasteiger partial charge in [0.1, 0.15) is 5.69 Å². The summed E-state index contributed by atoms with van der Waals surface area (Å²) in [5.41, 5.74) is 6.29. The lowest BCUT2D eigenvalue weighted by molar-refractivity contribution is -0.121. The highest BCUT2D eigenvalue weighted by Gasteiger charge is 2.09. The molecule has 0 fully saturated rings. The predicted octanol–water partition coefficient (Wildman–Crippen LogP) is 0.698. The Bertz CT molecular complexity index is 448. The molecular formula is C13H20N4O2. The zero-order valence-electron chi connectivity index (χ0n) is 11.3. The minimum atomic E-state index is -0.330. The van der Waals surface area contributed by atoms with E-state index < -0.39 is 0 Å². The molecule has 0 aromatic carbocycles. The summed E-state index contributed by atoms with van der Waals surface area (Å²) in [6, 6.07) is 3.25. The molecule has 1 unspecified atom stereocenters. The van der Waals surface area contributed by atoms with Crippen molar-refractivity contribution in [2.45, 2.75) is 32.7 Å². The van der Waals surface area contributed by atoms with E-state index in [0.29, 0.717) is 5.69 Å². The van der Waals surface area contributed by atoms with Gasteiger partial charge in [-0.05, 0) is 25.5 Å². The van der Waals surface area contributed by atoms with Gasteiger partial charge in [0.15, 0.2) is 0 Å². The highest BCUT2D eigenvalue weighted by atomic mass is 16.2. The van der Waals surface area contributed by atoms with Gasteiger partial charge in [0.25, 0.3) is 5.91 Å². The van der Waals surface area contributed by atoms with Crippen LogP contribution in [-0.2, 0) is 4.79 Å². The van der Waals surface area contributed by atoms with E-state index >= 15 is 0 Å². The number of nitrogens with one attached hydrogen (secondary N) is 2. The summed E-state index contributed by atoms with van der Waals surface area (Å²) >= 11 is 0. The van der Waals surface area contributed by atoms with Gasteiger partial charge in [-0.1, -0.05) is 6.92 Å². The van der Waals surface area contributed by atoms with Crippen molar-refractivity contribution in [1.29, 1.82) is 0 Å². The Kier molecular flexibility index (Phi) is 5.78. The van der Waals surface area contributed by atoms with Crippen LogP contribution in [0.3, 0.4) is 0 Å². The quantitative estimate of drug-likeness (QED) is 0.704. The van der Waals surface area contributed by atoms with Gasteiger partial charge in [0.2, 0.25) is 5.91 Å². The van der Waals surface area contributed by atoms with Crippen molar-refractivity contribution in [1.82, 2.24) is 15.6 Å². The summed E-state index contributed by atoms with van der Waals surface area (Å²) in [6.07, 6.45) is 2.60. The van der Waals surface area contributed by atoms with Crippen molar-refractivity contribution in [3.8, 4) is 0 Å². The maximum atomic E-state index is 11.7. The van der Waals surface area contributed by atoms with Crippen LogP contribution in [0.4, 0.5) is 5.69 Å². The van der Waals surface area contributed by atoms with Crippen LogP contribution in [0.1, 0.15) is 37.2 Å². The first kappa shape index (κ1) is 14.9. The van der Waals surface area contributed by atoms with Crippen LogP contribution in [0.5, 0.6) is 0 Å². The number of hydrogen-bond acceptors (Lipinski definition) is 4. The second-order valence-electron chi connectivity index (χ2n) is 4.36. The molecule has 2 amide bonds. The molecule has 0 aliphatic rings. The number of anilines is 1. The molecule has 0 saturated carbocycles. The molecule has 4 N–H and O–H groups in total. The summed E-state index contributed by atoms with van der Waals surface area (Å²) in [6.45, 7) is 4.21. The van der Waals surface area contributed by atoms with Gasteiger partial charge in [0.05, 0.1) is 0 Å². The average molecular weight is 264 g/mol. The van der Waals surface area contributed by atoms with E-state index in [9.17, 15) is 9.59 Å². The Labute approximate surface area is 112 Å². The molecule has 1 aromatic heterocycles. The molecule has 104 valence electrons. The van der Waals surface area contributed by atoms with Gasteiger partial charge in [0, 0.05) is 30.9 Å². The molecule has 0 aliphatic heterocycles. The van der Waals surface area contributed by atoms with Gasteiger partial charge in [-0.3, -0.25) is 14.6 Å². The molecule has 1 heterocycles. The second-order valence-corrected chi connectivity index (χ2v) is 4.36. The molecule has 0 radical (unpaired) electrons. The Balaban J connectivity index is 2.33. The lowest BCUT2D eigenvalue weighted by Crippen LogP contribution is -2.35. The van der Waals surface area contributed by atoms with Gasteiger partial charge in [-0.2, -0.15) is 0 Å². The zero-order chi connectivity index (χ0) is 14.3. The SMILES string of the molecule is CCC(C)NC(=O)CCNC(=O)c1cc(N)ccn1. The highest BCUT2D eigenvalue weighted by molar-refractivity contribution is 5.93. The lowest BCUT2D eigenvalue weighted by Gasteiger charge is -2.11. The van der Waals surface area contributed by atoms with Crippen LogP contribution in [-0.4, -0.2) is 29.4 Å². The monoisotopic (exact) mass is 264 g/mol. The van der Waals surface area contributed by atoms with E-state index in [1.54, 1.807) is 6.07 Å². The molecule has 19 heavy (non-hydrogen) atoms. The van der Waals surface area contributed by atoms with E-state index in [1.807, 2.05) is 13.8 Å². The fraction of sp³-hybridized carbons (Fsp3) is 0.462. The van der Waals surface area contributed by atoms with Crippen LogP contribution >= 0.6 is 0 Å². The summed E-state index contributed by atoms with van der Waals surface area (Å²) < 4.78 is 0. The van der Waals surface area contributed by atoms with Gasteiger partial charge < -0.3 is 16.4 Å². The summed E-state index contributed by atoms with van der Waals surface area (Å²) in [7, 11) is 0. The number of nitrogens with zero attached hydrogens (tertiary/aromatic N) is 1. The first-order valence-electron chi connectivity index (χ1n) is 6.32. The fourth-order valence-corrected chi connectivity index (χ4v) is 1.40. The summed E-state index contributed by atoms with van der Waals surface area (Å²) in [5, 5.41) is 5.46. The molecule has 6 heteroatoms. The third-order valence-corrected chi connectivity index (χ3v) is 2.67. The van der Waals surface area contributed by atoms with Crippen molar-refractivity contribution < 1.29 is 9.59 Å². The van der Waals surface area contributed by atoms with Crippen LogP contribution in [0.2, 0.25) is 0 Å². The standard InChI is InChI=1S/C13H20N4O2/c1-3-9(2)17-12(18)5-7-16-13(19)11-8-10(14)4-6-15-11/h4,6,8-9H,3,5,7H2,1-2H3,(H2,14,15)(H,16,19)(H,17,18). The number of rotatable bonds is 6. The number of aromatic nitrogens is 1. The highest BCUT2D eigenvalue weighted by Crippen LogP contribution is 2.02. The molecule has 1 atom stereocenters. The first-order chi connectivity index (χ1) is 9.02. The van der Waals surface area contributed by atoms with E-state index in [2.05, 4.69) is 15.6 Å². The number of hydrogen-bond donors (Lipinski definition) is 3. The Morgan fingerprint density at radius 1 is 1.47 bits per heavy atom. The Morgan fingerprint density at radius 2 is 2.21 bits per heavy atom. The average Bonchev–Trinajstić information content (AvgIpc) is 2.38. The van der Waals surface area contributed by atoms with Crippen molar-refractivity contribution in [3.63, 3.8) is 0 Å². The maximum absolute atomic E-state index is 11.7. The number of nitrogens with two attached hydrogens (primary N) is 1. The largest absolute Gasteiger partial charge is 0.399 e. The van der Waals surface area contributed by atoms with Crippen LogP contribution < -0.4 is 16.4 Å². The van der Waals surface area contributed by atoms with Crippen LogP contribution in [0.25, 0.3) is 0 Å². The molecule has 0 bridgehead atoms. The second kappa shape index (κ2) is 7.35. The van der Waals surface area contributed by atoms with E-state index in [1.165, 1.54) is 12.3 Å². The normalized spacial score (nSPS) is 11.7. The minimum absolute atomic E-state index is 0.0739. The number of amides is 2. The number of carbonyl (C=O) groups excluding carboxylic acids is 2. The molecular weight excluding hydrogens is 244 g/mol. The molecule has 0 aliphatic carbocycles. The molecule has 0 spiro atoms. The van der Waals surface area contributed by atoms with E-state index in [-0.39, 0.29) is 36.5 Å². The van der Waals surface area contributed by atoms with Crippen molar-refractivity contribution >= 4 is 17.5 Å². The molecule has 1 rings (SSSR count). The lowest BCUT2D eigenvalue weighted by atomic mass is 10.2. The van der Waals surface area contributed by atoms with Gasteiger partial charge >= 0.3 is 0 Å². The third-order valence-electron chi connectivity index (χ3n) is 2.67. The van der Waals surface area contributed by atoms with Crippen molar-refractivity contribution in [2.24, 2.45) is 0 Å². The Hall–Kier alpha value is -2.11. The van der Waals surface area contributed by atoms with Gasteiger partial charge in [-0.25, -0.2) is 0 Å². The number of pyridine rings is 1. The number of nitrogen functional groups attached to an aromatic ring is 1. The zero-order valence-corrected chi connectivity index (χ0v) is 11.3. The van der Waals surface area contributed by atoms with Crippen molar-refractivity contribution in [2.75, 3.05) is 12.3 Å². The van der Waals surface area contributed by atoms with Crippen LogP contribution in [0, 0.1) is 0 Å². The van der Waals surface area contributed by atoms with E-state index in [4.69, 9.17) is 5.73 Å². The van der Waals surface area contributed by atoms with E-state index in [0.717, 1.165) is 6.42 Å². The summed E-state index contributed by atoms with van der Waals surface area (Å²) in [5.74, 6) is -0.404.